The molecule has 172 valence electrons. The Morgan fingerprint density at radius 3 is 2.19 bits per heavy atom. The molecule has 2 aromatic heterocycles. The third kappa shape index (κ3) is 3.09. The van der Waals surface area contributed by atoms with Crippen LogP contribution in [-0.2, 0) is 10.3 Å². The lowest BCUT2D eigenvalue weighted by atomic mass is 9.49. The predicted molar refractivity (Wildman–Crippen MR) is 123 cm³/mol. The number of H-pyrrole nitrogens is 1. The lowest BCUT2D eigenvalue weighted by molar-refractivity contribution is -0.158. The lowest BCUT2D eigenvalue weighted by Gasteiger charge is -2.57. The highest BCUT2D eigenvalue weighted by molar-refractivity contribution is 5.83. The van der Waals surface area contributed by atoms with Crippen molar-refractivity contribution in [2.24, 2.45) is 23.2 Å². The number of amides is 1. The average molecular weight is 439 g/mol. The second kappa shape index (κ2) is 6.81. The molecular weight excluding hydrogens is 404 g/mol. The van der Waals surface area contributed by atoms with E-state index in [1.54, 1.807) is 6.20 Å². The van der Waals surface area contributed by atoms with E-state index in [2.05, 4.69) is 40.7 Å². The van der Waals surface area contributed by atoms with E-state index in [-0.39, 0.29) is 16.5 Å². The van der Waals surface area contributed by atoms with Crippen molar-refractivity contribution in [2.75, 3.05) is 31.1 Å². The molecule has 3 heterocycles. The van der Waals surface area contributed by atoms with Crippen LogP contribution in [0.1, 0.15) is 59.3 Å². The van der Waals surface area contributed by atoms with Crippen LogP contribution < -0.4 is 10.5 Å². The summed E-state index contributed by atoms with van der Waals surface area (Å²) in [5, 5.41) is 4.91. The Morgan fingerprint density at radius 2 is 1.62 bits per heavy atom. The summed E-state index contributed by atoms with van der Waals surface area (Å²) in [6.07, 6.45) is 8.99. The van der Waals surface area contributed by atoms with Gasteiger partial charge in [0, 0.05) is 26.2 Å². The summed E-state index contributed by atoms with van der Waals surface area (Å²) in [4.78, 5) is 38.3. The number of rotatable bonds is 2. The number of aromatic amines is 1. The quantitative estimate of drug-likeness (QED) is 0.779. The first-order valence-electron chi connectivity index (χ1n) is 12.2. The molecule has 32 heavy (non-hydrogen) atoms. The van der Waals surface area contributed by atoms with E-state index in [1.807, 2.05) is 4.68 Å². The molecule has 0 radical (unpaired) electrons. The van der Waals surface area contributed by atoms with Crippen LogP contribution in [-0.4, -0.2) is 56.7 Å². The second-order valence-electron chi connectivity index (χ2n) is 11.8. The molecule has 4 aliphatic carbocycles. The van der Waals surface area contributed by atoms with Gasteiger partial charge in [0.25, 0.3) is 5.56 Å². The van der Waals surface area contributed by atoms with Crippen LogP contribution in [0.5, 0.6) is 0 Å². The molecule has 1 saturated heterocycles. The van der Waals surface area contributed by atoms with Gasteiger partial charge in [-0.15, -0.1) is 0 Å². The van der Waals surface area contributed by atoms with Gasteiger partial charge in [0.1, 0.15) is 5.39 Å². The Morgan fingerprint density at radius 1 is 1.03 bits per heavy atom. The van der Waals surface area contributed by atoms with Crippen molar-refractivity contribution in [1.82, 2.24) is 24.6 Å². The fraction of sp³-hybridized carbons (Fsp3) is 0.750. The minimum absolute atomic E-state index is 0.0817. The Labute approximate surface area is 188 Å². The van der Waals surface area contributed by atoms with E-state index in [4.69, 9.17) is 4.98 Å². The van der Waals surface area contributed by atoms with Gasteiger partial charge in [-0.3, -0.25) is 14.6 Å². The molecule has 2 aromatic rings. The first kappa shape index (κ1) is 20.2. The van der Waals surface area contributed by atoms with E-state index >= 15 is 0 Å². The minimum Gasteiger partial charge on any atom is -0.339 e. The van der Waals surface area contributed by atoms with Crippen LogP contribution in [0, 0.1) is 23.2 Å². The number of hydrogen-bond donors (Lipinski definition) is 1. The van der Waals surface area contributed by atoms with Crippen molar-refractivity contribution in [1.29, 1.82) is 0 Å². The summed E-state index contributed by atoms with van der Waals surface area (Å²) in [5.74, 6) is 3.31. The molecule has 4 bridgehead atoms. The van der Waals surface area contributed by atoms with Crippen LogP contribution in [0.3, 0.4) is 0 Å². The summed E-state index contributed by atoms with van der Waals surface area (Å²) < 4.78 is 1.81. The van der Waals surface area contributed by atoms with Gasteiger partial charge in [-0.2, -0.15) is 10.1 Å². The van der Waals surface area contributed by atoms with Crippen molar-refractivity contribution in [3.8, 4) is 0 Å². The number of carbonyl (C=O) groups is 1. The topological polar surface area (TPSA) is 87.1 Å². The Hall–Kier alpha value is -2.38. The molecule has 1 amide bonds. The number of fused-ring (bicyclic) bond motifs is 1. The number of nitrogens with one attached hydrogen (secondary N) is 1. The number of piperazine rings is 1. The van der Waals surface area contributed by atoms with Crippen LogP contribution in [0.15, 0.2) is 11.0 Å². The van der Waals surface area contributed by atoms with Gasteiger partial charge in [-0.05, 0) is 77.0 Å². The van der Waals surface area contributed by atoms with Gasteiger partial charge in [-0.1, -0.05) is 0 Å². The highest BCUT2D eigenvalue weighted by Crippen LogP contribution is 2.60. The lowest BCUT2D eigenvalue weighted by Crippen LogP contribution is -2.58. The minimum atomic E-state index is -0.261. The fourth-order valence-electron chi connectivity index (χ4n) is 7.38. The summed E-state index contributed by atoms with van der Waals surface area (Å²) in [7, 11) is 0. The van der Waals surface area contributed by atoms with Gasteiger partial charge in [0.05, 0.1) is 17.2 Å². The van der Waals surface area contributed by atoms with Crippen molar-refractivity contribution in [3.05, 3.63) is 16.6 Å². The van der Waals surface area contributed by atoms with E-state index in [0.717, 1.165) is 37.0 Å². The standard InChI is InChI=1S/C24H34N6O2/c1-23(2,3)30-19-18(14-25-30)20(31)27-22(26-19)29-6-4-28(5-7-29)21(32)24-11-15-8-16(12-24)10-17(9-15)13-24/h14-17H,4-13H2,1-3H3,(H,26,27,31). The van der Waals surface area contributed by atoms with E-state index in [9.17, 15) is 9.59 Å². The Balaban J connectivity index is 1.20. The van der Waals surface area contributed by atoms with Gasteiger partial charge in [-0.25, -0.2) is 4.68 Å². The van der Waals surface area contributed by atoms with E-state index in [0.29, 0.717) is 49.1 Å². The highest BCUT2D eigenvalue weighted by atomic mass is 16.2. The maximum Gasteiger partial charge on any atom is 0.263 e. The zero-order valence-corrected chi connectivity index (χ0v) is 19.4. The van der Waals surface area contributed by atoms with Crippen LogP contribution >= 0.6 is 0 Å². The Bertz CT molecular complexity index is 1080. The third-order valence-corrected chi connectivity index (χ3v) is 8.42. The molecule has 5 aliphatic rings. The average Bonchev–Trinajstić information content (AvgIpc) is 3.18. The molecule has 8 nitrogen and oxygen atoms in total. The van der Waals surface area contributed by atoms with Gasteiger partial charge in [0.2, 0.25) is 11.9 Å². The maximum atomic E-state index is 13.7. The predicted octanol–water partition coefficient (Wildman–Crippen LogP) is 2.74. The normalized spacial score (nSPS) is 32.2. The Kier molecular flexibility index (Phi) is 4.31. The number of anilines is 1. The molecular formula is C24H34N6O2. The molecule has 8 heteroatoms. The molecule has 0 aromatic carbocycles. The van der Waals surface area contributed by atoms with Crippen molar-refractivity contribution < 1.29 is 4.79 Å². The summed E-state index contributed by atoms with van der Waals surface area (Å²) in [6, 6.07) is 0. The number of nitrogens with zero attached hydrogens (tertiary/aromatic N) is 5. The molecule has 0 spiro atoms. The molecule has 1 aliphatic heterocycles. The van der Waals surface area contributed by atoms with E-state index < -0.39 is 0 Å². The molecule has 4 saturated carbocycles. The summed E-state index contributed by atoms with van der Waals surface area (Å²) in [5.41, 5.74) is 0.112. The smallest absolute Gasteiger partial charge is 0.263 e. The van der Waals surface area contributed by atoms with Gasteiger partial charge < -0.3 is 9.80 Å². The van der Waals surface area contributed by atoms with Crippen molar-refractivity contribution >= 4 is 22.9 Å². The molecule has 5 fully saturated rings. The summed E-state index contributed by atoms with van der Waals surface area (Å²) >= 11 is 0. The molecule has 0 atom stereocenters. The highest BCUT2D eigenvalue weighted by Gasteiger charge is 2.55. The van der Waals surface area contributed by atoms with Crippen molar-refractivity contribution in [3.63, 3.8) is 0 Å². The fourth-order valence-corrected chi connectivity index (χ4v) is 7.38. The van der Waals surface area contributed by atoms with Gasteiger partial charge in [0.15, 0.2) is 5.65 Å². The SMILES string of the molecule is CC(C)(C)n1ncc2c(=O)[nH]c(N3CCN(C(=O)C45CC6CC(CC(C6)C4)C5)CC3)nc21. The maximum absolute atomic E-state index is 13.7. The largest absolute Gasteiger partial charge is 0.339 e. The number of carbonyl (C=O) groups excluding carboxylic acids is 1. The third-order valence-electron chi connectivity index (χ3n) is 8.42. The number of hydrogen-bond acceptors (Lipinski definition) is 5. The summed E-state index contributed by atoms with van der Waals surface area (Å²) in [6.45, 7) is 8.93. The van der Waals surface area contributed by atoms with Crippen LogP contribution in [0.2, 0.25) is 0 Å². The van der Waals surface area contributed by atoms with Crippen LogP contribution in [0.25, 0.3) is 11.0 Å². The van der Waals surface area contributed by atoms with Crippen molar-refractivity contribution in [2.45, 2.75) is 64.8 Å². The molecule has 0 unspecified atom stereocenters. The second-order valence-corrected chi connectivity index (χ2v) is 11.8. The van der Waals surface area contributed by atoms with Crippen LogP contribution in [0.4, 0.5) is 5.95 Å². The molecule has 7 rings (SSSR count). The first-order valence-corrected chi connectivity index (χ1v) is 12.2. The zero-order chi connectivity index (χ0) is 22.3. The van der Waals surface area contributed by atoms with E-state index in [1.165, 1.54) is 19.3 Å². The number of aromatic nitrogens is 4. The zero-order valence-electron chi connectivity index (χ0n) is 19.4. The molecule has 1 N–H and O–H groups in total. The monoisotopic (exact) mass is 438 g/mol. The van der Waals surface area contributed by atoms with Gasteiger partial charge >= 0.3 is 0 Å². The first-order chi connectivity index (χ1) is 15.2.